The fraction of sp³-hybridized carbons (Fsp3) is 0.0526. The number of hydrogen-bond donors (Lipinski definition) is 1. The van der Waals surface area contributed by atoms with E-state index >= 15 is 0 Å². The lowest BCUT2D eigenvalue weighted by Gasteiger charge is -2.09. The predicted octanol–water partition coefficient (Wildman–Crippen LogP) is 4.07. The number of carbonyl (C=O) groups excluding carboxylic acids is 1. The molecule has 0 bridgehead atoms. The maximum atomic E-state index is 13.0. The molecule has 0 fully saturated rings. The highest BCUT2D eigenvalue weighted by Gasteiger charge is 2.10. The fourth-order valence-corrected chi connectivity index (χ4v) is 3.18. The third-order valence-corrected chi connectivity index (χ3v) is 4.48. The van der Waals surface area contributed by atoms with Crippen molar-refractivity contribution in [2.75, 3.05) is 5.32 Å². The second kappa shape index (κ2) is 6.97. The number of thiazole rings is 1. The minimum Gasteiger partial charge on any atom is -0.324 e. The average Bonchev–Trinajstić information content (AvgIpc) is 3.15. The first-order valence-corrected chi connectivity index (χ1v) is 8.82. The smallest absolute Gasteiger partial charge is 0.230 e. The molecule has 0 spiro atoms. The summed E-state index contributed by atoms with van der Waals surface area (Å²) in [7, 11) is 0. The van der Waals surface area contributed by atoms with Crippen molar-refractivity contribution in [2.45, 2.75) is 6.42 Å². The monoisotopic (exact) mass is 364 g/mol. The summed E-state index contributed by atoms with van der Waals surface area (Å²) in [5, 5.41) is 5.64. The molecule has 26 heavy (non-hydrogen) atoms. The van der Waals surface area contributed by atoms with Crippen molar-refractivity contribution in [3.63, 3.8) is 0 Å². The topological polar surface area (TPSA) is 67.8 Å². The van der Waals surface area contributed by atoms with Crippen molar-refractivity contribution >= 4 is 33.8 Å². The molecule has 3 aromatic heterocycles. The van der Waals surface area contributed by atoms with Gasteiger partial charge in [0.25, 0.3) is 0 Å². The number of fused-ring (bicyclic) bond motifs is 1. The van der Waals surface area contributed by atoms with E-state index in [0.29, 0.717) is 22.5 Å². The van der Waals surface area contributed by atoms with Gasteiger partial charge in [0.05, 0.1) is 34.5 Å². The lowest BCUT2D eigenvalue weighted by atomic mass is 10.1. The fourth-order valence-electron chi connectivity index (χ4n) is 2.62. The van der Waals surface area contributed by atoms with E-state index in [1.165, 1.54) is 23.6 Å². The molecule has 7 heteroatoms. The van der Waals surface area contributed by atoms with Gasteiger partial charge in [-0.15, -0.1) is 11.3 Å². The van der Waals surface area contributed by atoms with Gasteiger partial charge in [-0.05, 0) is 24.3 Å². The number of benzene rings is 1. The van der Waals surface area contributed by atoms with Crippen LogP contribution in [0.3, 0.4) is 0 Å². The normalized spacial score (nSPS) is 10.8. The van der Waals surface area contributed by atoms with Gasteiger partial charge in [-0.2, -0.15) is 4.39 Å². The molecular formula is C19H13FN4OS. The van der Waals surface area contributed by atoms with E-state index < -0.39 is 5.95 Å². The summed E-state index contributed by atoms with van der Waals surface area (Å²) in [6.07, 6.45) is 1.65. The number of anilines is 1. The average molecular weight is 364 g/mol. The highest BCUT2D eigenvalue weighted by Crippen LogP contribution is 2.26. The largest absolute Gasteiger partial charge is 0.324 e. The number of nitrogens with one attached hydrogen (secondary N) is 1. The number of para-hydroxylation sites is 1. The summed E-state index contributed by atoms with van der Waals surface area (Å²) in [5.74, 6) is -0.691. The van der Waals surface area contributed by atoms with Crippen LogP contribution < -0.4 is 5.32 Å². The maximum Gasteiger partial charge on any atom is 0.230 e. The molecule has 0 aliphatic heterocycles. The second-order valence-corrected chi connectivity index (χ2v) is 6.37. The number of carbonyl (C=O) groups is 1. The molecule has 0 aliphatic carbocycles. The van der Waals surface area contributed by atoms with Gasteiger partial charge in [0.1, 0.15) is 0 Å². The molecule has 4 aromatic rings. The summed E-state index contributed by atoms with van der Waals surface area (Å²) >= 11 is 1.45. The van der Waals surface area contributed by atoms with Crippen LogP contribution in [-0.2, 0) is 11.2 Å². The zero-order chi connectivity index (χ0) is 17.9. The Kier molecular flexibility index (Phi) is 4.37. The summed E-state index contributed by atoms with van der Waals surface area (Å²) in [6.45, 7) is 0. The van der Waals surface area contributed by atoms with Crippen molar-refractivity contribution in [2.24, 2.45) is 0 Å². The molecule has 3 heterocycles. The second-order valence-electron chi connectivity index (χ2n) is 5.65. The van der Waals surface area contributed by atoms with E-state index in [4.69, 9.17) is 0 Å². The number of rotatable bonds is 4. The van der Waals surface area contributed by atoms with Crippen molar-refractivity contribution in [3.8, 4) is 11.3 Å². The Morgan fingerprint density at radius 3 is 2.81 bits per heavy atom. The van der Waals surface area contributed by atoms with Gasteiger partial charge in [0.15, 0.2) is 0 Å². The predicted molar refractivity (Wildman–Crippen MR) is 99.4 cm³/mol. The SMILES string of the molecule is O=C(Cc1cscn1)Nc1cccc2ccc(-c3ccc(F)nc3)nc12. The number of aromatic nitrogens is 3. The summed E-state index contributed by atoms with van der Waals surface area (Å²) in [6, 6.07) is 12.3. The molecule has 0 atom stereocenters. The van der Waals surface area contributed by atoms with Gasteiger partial charge >= 0.3 is 0 Å². The Balaban J connectivity index is 1.67. The first-order chi connectivity index (χ1) is 12.7. The third kappa shape index (κ3) is 3.43. The Hall–Kier alpha value is -3.19. The minimum absolute atomic E-state index is 0.154. The third-order valence-electron chi connectivity index (χ3n) is 3.84. The summed E-state index contributed by atoms with van der Waals surface area (Å²) in [4.78, 5) is 24.7. The number of pyridine rings is 2. The first kappa shape index (κ1) is 16.3. The van der Waals surface area contributed by atoms with Crippen LogP contribution in [0.5, 0.6) is 0 Å². The van der Waals surface area contributed by atoms with Gasteiger partial charge in [0, 0.05) is 22.5 Å². The molecule has 0 saturated heterocycles. The van der Waals surface area contributed by atoms with E-state index in [9.17, 15) is 9.18 Å². The number of amides is 1. The van der Waals surface area contributed by atoms with E-state index in [2.05, 4.69) is 20.3 Å². The van der Waals surface area contributed by atoms with Crippen LogP contribution in [-0.4, -0.2) is 20.9 Å². The summed E-state index contributed by atoms with van der Waals surface area (Å²) < 4.78 is 13.0. The van der Waals surface area contributed by atoms with Gasteiger partial charge in [-0.3, -0.25) is 4.79 Å². The van der Waals surface area contributed by atoms with E-state index in [-0.39, 0.29) is 12.3 Å². The van der Waals surface area contributed by atoms with Crippen molar-refractivity contribution in [1.82, 2.24) is 15.0 Å². The zero-order valence-corrected chi connectivity index (χ0v) is 14.3. The van der Waals surface area contributed by atoms with Crippen molar-refractivity contribution in [3.05, 3.63) is 71.2 Å². The molecule has 0 aliphatic rings. The van der Waals surface area contributed by atoms with Gasteiger partial charge in [0.2, 0.25) is 11.9 Å². The molecule has 128 valence electrons. The van der Waals surface area contributed by atoms with Crippen LogP contribution in [0.4, 0.5) is 10.1 Å². The van der Waals surface area contributed by atoms with Gasteiger partial charge in [-0.1, -0.05) is 18.2 Å². The number of hydrogen-bond acceptors (Lipinski definition) is 5. The van der Waals surface area contributed by atoms with Gasteiger partial charge in [-0.25, -0.2) is 15.0 Å². The Bertz CT molecular complexity index is 1060. The Morgan fingerprint density at radius 2 is 2.04 bits per heavy atom. The summed E-state index contributed by atoms with van der Waals surface area (Å²) in [5.41, 5.74) is 5.09. The van der Waals surface area contributed by atoms with Crippen LogP contribution in [0, 0.1) is 5.95 Å². The molecule has 1 N–H and O–H groups in total. The lowest BCUT2D eigenvalue weighted by Crippen LogP contribution is -2.15. The number of nitrogens with zero attached hydrogens (tertiary/aromatic N) is 3. The van der Waals surface area contributed by atoms with Crippen LogP contribution >= 0.6 is 11.3 Å². The molecule has 1 aromatic carbocycles. The zero-order valence-electron chi connectivity index (χ0n) is 13.5. The highest BCUT2D eigenvalue weighted by atomic mass is 32.1. The van der Waals surface area contributed by atoms with Crippen LogP contribution in [0.2, 0.25) is 0 Å². The highest BCUT2D eigenvalue weighted by molar-refractivity contribution is 7.07. The minimum atomic E-state index is -0.537. The Labute approximate surface area is 152 Å². The molecular weight excluding hydrogens is 351 g/mol. The van der Waals surface area contributed by atoms with Crippen molar-refractivity contribution < 1.29 is 9.18 Å². The molecule has 4 rings (SSSR count). The molecule has 0 saturated carbocycles. The number of halogens is 1. The van der Waals surface area contributed by atoms with Crippen LogP contribution in [0.15, 0.2) is 59.6 Å². The maximum absolute atomic E-state index is 13.0. The van der Waals surface area contributed by atoms with Crippen molar-refractivity contribution in [1.29, 1.82) is 0 Å². The van der Waals surface area contributed by atoms with Gasteiger partial charge < -0.3 is 5.32 Å². The van der Waals surface area contributed by atoms with E-state index in [1.807, 2.05) is 29.6 Å². The molecule has 5 nitrogen and oxygen atoms in total. The molecule has 0 unspecified atom stereocenters. The molecule has 1 amide bonds. The molecule has 0 radical (unpaired) electrons. The lowest BCUT2D eigenvalue weighted by molar-refractivity contribution is -0.115. The quantitative estimate of drug-likeness (QED) is 0.554. The van der Waals surface area contributed by atoms with Crippen LogP contribution in [0.1, 0.15) is 5.69 Å². The van der Waals surface area contributed by atoms with E-state index in [1.54, 1.807) is 17.6 Å². The Morgan fingerprint density at radius 1 is 1.12 bits per heavy atom. The van der Waals surface area contributed by atoms with Crippen LogP contribution in [0.25, 0.3) is 22.2 Å². The standard InChI is InChI=1S/C19H13FN4OS/c20-17-7-5-13(9-21-17)15-6-4-12-2-1-3-16(19(12)24-15)23-18(25)8-14-10-26-11-22-14/h1-7,9-11H,8H2,(H,23,25). The first-order valence-electron chi connectivity index (χ1n) is 7.88. The van der Waals surface area contributed by atoms with E-state index in [0.717, 1.165) is 11.1 Å².